The van der Waals surface area contributed by atoms with Crippen LogP contribution >= 0.6 is 47.0 Å². The summed E-state index contributed by atoms with van der Waals surface area (Å²) in [6.07, 6.45) is 0. The van der Waals surface area contributed by atoms with Crippen molar-refractivity contribution in [3.05, 3.63) is 0 Å². The minimum atomic E-state index is 0.601. The lowest BCUT2D eigenvalue weighted by atomic mass is 10.6. The van der Waals surface area contributed by atoms with Crippen molar-refractivity contribution in [1.82, 2.24) is 0 Å². The lowest BCUT2D eigenvalue weighted by Crippen LogP contribution is -2.13. The highest BCUT2D eigenvalue weighted by atomic mass is 32.2. The first-order valence-electron chi connectivity index (χ1n) is 8.72. The zero-order chi connectivity index (χ0) is 17.4. The van der Waals surface area contributed by atoms with Crippen LogP contribution in [0.1, 0.15) is 0 Å². The molecule has 148 valence electrons. The molecule has 2 saturated heterocycles. The monoisotopic (exact) mass is 430 g/mol. The third-order valence-corrected chi connectivity index (χ3v) is 7.54. The third-order valence-electron chi connectivity index (χ3n) is 3.23. The molecule has 5 nitrogen and oxygen atoms in total. The van der Waals surface area contributed by atoms with Crippen molar-refractivity contribution < 1.29 is 23.7 Å². The van der Waals surface area contributed by atoms with E-state index in [1.165, 1.54) is 23.0 Å². The topological polar surface area (TPSA) is 46.2 Å². The highest BCUT2D eigenvalue weighted by Crippen LogP contribution is 2.33. The van der Waals surface area contributed by atoms with Crippen molar-refractivity contribution in [1.29, 1.82) is 0 Å². The molecular weight excluding hydrogens is 400 g/mol. The van der Waals surface area contributed by atoms with Gasteiger partial charge in [-0.25, -0.2) is 0 Å². The molecule has 2 heterocycles. The number of rotatable bonds is 20. The molecule has 2 fully saturated rings. The Morgan fingerprint density at radius 2 is 0.880 bits per heavy atom. The summed E-state index contributed by atoms with van der Waals surface area (Å²) in [7, 11) is 0. The van der Waals surface area contributed by atoms with Gasteiger partial charge in [-0.05, 0) is 0 Å². The summed E-state index contributed by atoms with van der Waals surface area (Å²) in [5.74, 6) is 6.63. The second-order valence-electron chi connectivity index (χ2n) is 5.54. The molecule has 0 aromatic heterocycles. The standard InChI is InChI=1S/C16H30O5S4/c1(3-18-5-7-20-13-22-9-15-11-24-15)17-2-4-19-6-8-21-14-23-10-16-12-25-16/h15-16H,1-14H2. The van der Waals surface area contributed by atoms with Crippen LogP contribution in [0.2, 0.25) is 0 Å². The van der Waals surface area contributed by atoms with Gasteiger partial charge in [0.2, 0.25) is 0 Å². The van der Waals surface area contributed by atoms with Crippen LogP contribution in [0, 0.1) is 0 Å². The van der Waals surface area contributed by atoms with E-state index in [4.69, 9.17) is 23.7 Å². The smallest absolute Gasteiger partial charge is 0.0922 e. The minimum Gasteiger partial charge on any atom is -0.377 e. The quantitative estimate of drug-likeness (QED) is 0.165. The van der Waals surface area contributed by atoms with Crippen molar-refractivity contribution in [3.8, 4) is 0 Å². The zero-order valence-corrected chi connectivity index (χ0v) is 18.0. The van der Waals surface area contributed by atoms with Gasteiger partial charge >= 0.3 is 0 Å². The van der Waals surface area contributed by atoms with Crippen LogP contribution in [0.15, 0.2) is 0 Å². The fraction of sp³-hybridized carbons (Fsp3) is 1.00. The number of thioether (sulfide) groups is 4. The molecule has 0 aliphatic carbocycles. The summed E-state index contributed by atoms with van der Waals surface area (Å²) < 4.78 is 27.3. The molecule has 0 bridgehead atoms. The number of ether oxygens (including phenoxy) is 5. The zero-order valence-electron chi connectivity index (χ0n) is 14.7. The molecule has 9 heteroatoms. The van der Waals surface area contributed by atoms with Crippen LogP contribution in [0.25, 0.3) is 0 Å². The van der Waals surface area contributed by atoms with Crippen molar-refractivity contribution in [2.24, 2.45) is 0 Å². The Kier molecular flexibility index (Phi) is 14.6. The van der Waals surface area contributed by atoms with E-state index in [1.807, 2.05) is 47.0 Å². The van der Waals surface area contributed by atoms with Crippen LogP contribution in [-0.2, 0) is 23.7 Å². The normalized spacial score (nSPS) is 21.6. The fourth-order valence-electron chi connectivity index (χ4n) is 1.70. The molecule has 0 radical (unpaired) electrons. The molecule has 0 aromatic rings. The van der Waals surface area contributed by atoms with E-state index in [9.17, 15) is 0 Å². The Morgan fingerprint density at radius 3 is 1.20 bits per heavy atom. The first-order chi connectivity index (χ1) is 12.4. The lowest BCUT2D eigenvalue weighted by Gasteiger charge is -2.07. The van der Waals surface area contributed by atoms with Crippen molar-refractivity contribution in [3.63, 3.8) is 0 Å². The summed E-state index contributed by atoms with van der Waals surface area (Å²) in [5, 5.41) is 1.77. The van der Waals surface area contributed by atoms with Gasteiger partial charge in [-0.2, -0.15) is 23.5 Å². The van der Waals surface area contributed by atoms with Crippen molar-refractivity contribution in [2.45, 2.75) is 10.5 Å². The van der Waals surface area contributed by atoms with Crippen molar-refractivity contribution >= 4 is 47.0 Å². The maximum atomic E-state index is 5.49. The van der Waals surface area contributed by atoms with Gasteiger partial charge in [0.05, 0.1) is 64.7 Å². The second-order valence-corrected chi connectivity index (χ2v) is 10.2. The highest BCUT2D eigenvalue weighted by Gasteiger charge is 2.22. The number of hydrogen-bond acceptors (Lipinski definition) is 9. The Bertz CT molecular complexity index is 278. The van der Waals surface area contributed by atoms with Crippen molar-refractivity contribution in [2.75, 3.05) is 87.7 Å². The van der Waals surface area contributed by atoms with Crippen LogP contribution < -0.4 is 0 Å². The Morgan fingerprint density at radius 1 is 0.560 bits per heavy atom. The Labute approximate surface area is 168 Å². The van der Waals surface area contributed by atoms with Gasteiger partial charge in [-0.15, -0.1) is 23.5 Å². The molecule has 0 spiro atoms. The van der Waals surface area contributed by atoms with Crippen LogP contribution in [0.5, 0.6) is 0 Å². The molecular formula is C16H30O5S4. The SMILES string of the molecule is C(COCCOCSCC1CS1)OCCOCCOCSCC1CS1. The Balaban J connectivity index is 1.14. The van der Waals surface area contributed by atoms with Gasteiger partial charge in [0.1, 0.15) is 0 Å². The predicted molar refractivity (Wildman–Crippen MR) is 112 cm³/mol. The first kappa shape index (κ1) is 22.5. The Hall–Kier alpha value is 1.20. The van der Waals surface area contributed by atoms with Gasteiger partial charge < -0.3 is 23.7 Å². The molecule has 2 atom stereocenters. The van der Waals surface area contributed by atoms with Gasteiger partial charge in [0.15, 0.2) is 0 Å². The number of hydrogen-bond donors (Lipinski definition) is 0. The minimum absolute atomic E-state index is 0.601. The summed E-state index contributed by atoms with van der Waals surface area (Å²) in [4.78, 5) is 0. The van der Waals surface area contributed by atoms with Crippen LogP contribution in [0.4, 0.5) is 0 Å². The second kappa shape index (κ2) is 16.2. The average molecular weight is 431 g/mol. The largest absolute Gasteiger partial charge is 0.377 e. The van der Waals surface area contributed by atoms with Crippen LogP contribution in [-0.4, -0.2) is 98.2 Å². The van der Waals surface area contributed by atoms with Gasteiger partial charge in [0, 0.05) is 33.5 Å². The van der Waals surface area contributed by atoms with Gasteiger partial charge in [-0.1, -0.05) is 0 Å². The van der Waals surface area contributed by atoms with Crippen LogP contribution in [0.3, 0.4) is 0 Å². The molecule has 25 heavy (non-hydrogen) atoms. The van der Waals surface area contributed by atoms with E-state index in [1.54, 1.807) is 0 Å². The van der Waals surface area contributed by atoms with Gasteiger partial charge in [-0.3, -0.25) is 0 Å². The molecule has 2 rings (SSSR count). The molecule has 2 unspecified atom stereocenters. The summed E-state index contributed by atoms with van der Waals surface area (Å²) in [5.41, 5.74) is 0. The highest BCUT2D eigenvalue weighted by molar-refractivity contribution is 8.09. The molecule has 2 aliphatic rings. The molecule has 0 saturated carbocycles. The first-order valence-corrected chi connectivity index (χ1v) is 13.1. The van der Waals surface area contributed by atoms with E-state index >= 15 is 0 Å². The predicted octanol–water partition coefficient (Wildman–Crippen LogP) is 2.68. The summed E-state index contributed by atoms with van der Waals surface area (Å²) in [6, 6.07) is 0. The molecule has 0 amide bonds. The van der Waals surface area contributed by atoms with Gasteiger partial charge in [0.25, 0.3) is 0 Å². The molecule has 0 aromatic carbocycles. The van der Waals surface area contributed by atoms with E-state index in [-0.39, 0.29) is 0 Å². The molecule has 2 aliphatic heterocycles. The molecule has 0 N–H and O–H groups in total. The third kappa shape index (κ3) is 15.9. The van der Waals surface area contributed by atoms with E-state index in [0.29, 0.717) is 52.9 Å². The van der Waals surface area contributed by atoms with E-state index in [0.717, 1.165) is 22.4 Å². The summed E-state index contributed by atoms with van der Waals surface area (Å²) >= 11 is 7.79. The van der Waals surface area contributed by atoms with E-state index < -0.39 is 0 Å². The maximum Gasteiger partial charge on any atom is 0.0922 e. The average Bonchev–Trinajstić information content (AvgIpc) is 3.52. The fourth-order valence-corrected chi connectivity index (χ4v) is 5.28. The van der Waals surface area contributed by atoms with E-state index in [2.05, 4.69) is 0 Å². The summed E-state index contributed by atoms with van der Waals surface area (Å²) in [6.45, 7) is 4.99. The lowest BCUT2D eigenvalue weighted by molar-refractivity contribution is -0.00536. The maximum absolute atomic E-state index is 5.49.